The Kier molecular flexibility index (Phi) is 4.65. The minimum Gasteiger partial charge on any atom is -0.481 e. The van der Waals surface area contributed by atoms with Gasteiger partial charge in [0.2, 0.25) is 0 Å². The predicted molar refractivity (Wildman–Crippen MR) is 74.8 cm³/mol. The van der Waals surface area contributed by atoms with E-state index < -0.39 is 5.97 Å². The van der Waals surface area contributed by atoms with Gasteiger partial charge in [0.25, 0.3) is 5.91 Å². The second kappa shape index (κ2) is 6.65. The van der Waals surface area contributed by atoms with E-state index in [1.54, 1.807) is 30.2 Å². The standard InChI is InChI=1S/C14H16N4O3/c1-17(7-6-13(19)20)14(21)12-5-3-2-4-11(12)8-18-10-15-9-16-18/h2-5,9-10H,6-8H2,1H3,(H,19,20). The van der Waals surface area contributed by atoms with Gasteiger partial charge in [-0.1, -0.05) is 18.2 Å². The molecule has 0 radical (unpaired) electrons. The van der Waals surface area contributed by atoms with Gasteiger partial charge < -0.3 is 10.0 Å². The molecule has 1 aromatic carbocycles. The zero-order chi connectivity index (χ0) is 15.2. The van der Waals surface area contributed by atoms with Crippen molar-refractivity contribution in [2.45, 2.75) is 13.0 Å². The molecular weight excluding hydrogens is 272 g/mol. The van der Waals surface area contributed by atoms with Gasteiger partial charge in [0, 0.05) is 19.2 Å². The third kappa shape index (κ3) is 3.88. The van der Waals surface area contributed by atoms with Crippen LogP contribution in [0.4, 0.5) is 0 Å². The molecular formula is C14H16N4O3. The second-order valence-corrected chi connectivity index (χ2v) is 4.62. The summed E-state index contributed by atoms with van der Waals surface area (Å²) >= 11 is 0. The number of amides is 1. The van der Waals surface area contributed by atoms with E-state index in [2.05, 4.69) is 10.1 Å². The molecule has 1 N–H and O–H groups in total. The smallest absolute Gasteiger partial charge is 0.305 e. The Labute approximate surface area is 121 Å². The van der Waals surface area contributed by atoms with Crippen LogP contribution in [0.1, 0.15) is 22.3 Å². The van der Waals surface area contributed by atoms with Crippen LogP contribution in [0, 0.1) is 0 Å². The minimum atomic E-state index is -0.925. The zero-order valence-electron chi connectivity index (χ0n) is 11.6. The SMILES string of the molecule is CN(CCC(=O)O)C(=O)c1ccccc1Cn1cncn1. The normalized spacial score (nSPS) is 10.3. The van der Waals surface area contributed by atoms with Crippen molar-refractivity contribution < 1.29 is 14.7 Å². The fraction of sp³-hybridized carbons (Fsp3) is 0.286. The Hall–Kier alpha value is -2.70. The number of rotatable bonds is 6. The van der Waals surface area contributed by atoms with Crippen LogP contribution in [-0.4, -0.2) is 50.2 Å². The molecule has 0 spiro atoms. The molecule has 1 aromatic heterocycles. The first-order valence-electron chi connectivity index (χ1n) is 6.45. The molecule has 0 aliphatic rings. The van der Waals surface area contributed by atoms with E-state index in [9.17, 15) is 9.59 Å². The number of benzene rings is 1. The molecule has 7 heteroatoms. The monoisotopic (exact) mass is 288 g/mol. The van der Waals surface area contributed by atoms with Crippen molar-refractivity contribution in [1.82, 2.24) is 19.7 Å². The molecule has 1 heterocycles. The van der Waals surface area contributed by atoms with E-state index in [0.717, 1.165) is 5.56 Å². The van der Waals surface area contributed by atoms with Crippen molar-refractivity contribution in [3.05, 3.63) is 48.0 Å². The lowest BCUT2D eigenvalue weighted by Gasteiger charge is -2.18. The summed E-state index contributed by atoms with van der Waals surface area (Å²) in [5, 5.41) is 12.7. The predicted octanol–water partition coefficient (Wildman–Crippen LogP) is 0.873. The van der Waals surface area contributed by atoms with Crippen molar-refractivity contribution >= 4 is 11.9 Å². The van der Waals surface area contributed by atoms with Gasteiger partial charge in [0.1, 0.15) is 12.7 Å². The van der Waals surface area contributed by atoms with Crippen LogP contribution < -0.4 is 0 Å². The third-order valence-corrected chi connectivity index (χ3v) is 3.05. The summed E-state index contributed by atoms with van der Waals surface area (Å²) < 4.78 is 1.63. The molecule has 0 unspecified atom stereocenters. The van der Waals surface area contributed by atoms with Crippen LogP contribution in [0.25, 0.3) is 0 Å². The average molecular weight is 288 g/mol. The maximum atomic E-state index is 12.4. The highest BCUT2D eigenvalue weighted by molar-refractivity contribution is 5.95. The number of nitrogens with zero attached hydrogens (tertiary/aromatic N) is 4. The highest BCUT2D eigenvalue weighted by atomic mass is 16.4. The maximum absolute atomic E-state index is 12.4. The van der Waals surface area contributed by atoms with Crippen LogP contribution in [0.2, 0.25) is 0 Å². The van der Waals surface area contributed by atoms with Crippen molar-refractivity contribution in [2.75, 3.05) is 13.6 Å². The summed E-state index contributed by atoms with van der Waals surface area (Å²) in [4.78, 5) is 28.3. The van der Waals surface area contributed by atoms with Gasteiger partial charge in [-0.2, -0.15) is 5.10 Å². The summed E-state index contributed by atoms with van der Waals surface area (Å²) in [7, 11) is 1.59. The van der Waals surface area contributed by atoms with Gasteiger partial charge in [-0.15, -0.1) is 0 Å². The highest BCUT2D eigenvalue weighted by Gasteiger charge is 2.16. The van der Waals surface area contributed by atoms with Gasteiger partial charge in [-0.25, -0.2) is 9.67 Å². The zero-order valence-corrected chi connectivity index (χ0v) is 11.6. The molecule has 2 aromatic rings. The lowest BCUT2D eigenvalue weighted by molar-refractivity contribution is -0.137. The van der Waals surface area contributed by atoms with Crippen LogP contribution in [0.15, 0.2) is 36.9 Å². The second-order valence-electron chi connectivity index (χ2n) is 4.62. The lowest BCUT2D eigenvalue weighted by atomic mass is 10.1. The van der Waals surface area contributed by atoms with Crippen molar-refractivity contribution in [3.63, 3.8) is 0 Å². The van der Waals surface area contributed by atoms with Gasteiger partial charge in [-0.05, 0) is 11.6 Å². The Morgan fingerprint density at radius 3 is 2.76 bits per heavy atom. The van der Waals surface area contributed by atoms with Crippen molar-refractivity contribution in [3.8, 4) is 0 Å². The number of hydrogen-bond donors (Lipinski definition) is 1. The first kappa shape index (κ1) is 14.7. The lowest BCUT2D eigenvalue weighted by Crippen LogP contribution is -2.30. The molecule has 110 valence electrons. The van der Waals surface area contributed by atoms with Crippen LogP contribution in [0.5, 0.6) is 0 Å². The van der Waals surface area contributed by atoms with Gasteiger partial charge in [0.15, 0.2) is 0 Å². The van der Waals surface area contributed by atoms with Crippen molar-refractivity contribution in [1.29, 1.82) is 0 Å². The van der Waals surface area contributed by atoms with Gasteiger partial charge in [-0.3, -0.25) is 9.59 Å². The van der Waals surface area contributed by atoms with E-state index in [4.69, 9.17) is 5.11 Å². The minimum absolute atomic E-state index is 0.0759. The largest absolute Gasteiger partial charge is 0.481 e. The maximum Gasteiger partial charge on any atom is 0.305 e. The van der Waals surface area contributed by atoms with E-state index >= 15 is 0 Å². The summed E-state index contributed by atoms with van der Waals surface area (Å²) in [5.41, 5.74) is 1.36. The van der Waals surface area contributed by atoms with E-state index in [1.807, 2.05) is 12.1 Å². The number of carbonyl (C=O) groups excluding carboxylic acids is 1. The van der Waals surface area contributed by atoms with Crippen LogP contribution in [0.3, 0.4) is 0 Å². The summed E-state index contributed by atoms with van der Waals surface area (Å²) in [6.45, 7) is 0.612. The molecule has 0 aliphatic carbocycles. The molecule has 0 aliphatic heterocycles. The molecule has 2 rings (SSSR count). The van der Waals surface area contributed by atoms with E-state index in [-0.39, 0.29) is 18.9 Å². The average Bonchev–Trinajstić information content (AvgIpc) is 2.97. The summed E-state index contributed by atoms with van der Waals surface area (Å²) in [5.74, 6) is -1.13. The quantitative estimate of drug-likeness (QED) is 0.852. The number of hydrogen-bond acceptors (Lipinski definition) is 4. The van der Waals surface area contributed by atoms with E-state index in [0.29, 0.717) is 12.1 Å². The molecule has 21 heavy (non-hydrogen) atoms. The number of carboxylic acids is 1. The van der Waals surface area contributed by atoms with Crippen LogP contribution in [-0.2, 0) is 11.3 Å². The molecule has 0 bridgehead atoms. The molecule has 7 nitrogen and oxygen atoms in total. The molecule has 0 saturated heterocycles. The first-order valence-corrected chi connectivity index (χ1v) is 6.45. The number of carbonyl (C=O) groups is 2. The topological polar surface area (TPSA) is 88.3 Å². The highest BCUT2D eigenvalue weighted by Crippen LogP contribution is 2.12. The fourth-order valence-electron chi connectivity index (χ4n) is 1.93. The number of aromatic nitrogens is 3. The molecule has 0 atom stereocenters. The molecule has 1 amide bonds. The summed E-state index contributed by atoms with van der Waals surface area (Å²) in [6, 6.07) is 7.20. The Balaban J connectivity index is 2.15. The Morgan fingerprint density at radius 2 is 2.10 bits per heavy atom. The molecule has 0 saturated carbocycles. The van der Waals surface area contributed by atoms with Crippen molar-refractivity contribution in [2.24, 2.45) is 0 Å². The fourth-order valence-corrected chi connectivity index (χ4v) is 1.93. The summed E-state index contributed by atoms with van der Waals surface area (Å²) in [6.07, 6.45) is 2.94. The van der Waals surface area contributed by atoms with Gasteiger partial charge >= 0.3 is 5.97 Å². The number of carboxylic acid groups (broad SMARTS) is 1. The van der Waals surface area contributed by atoms with Crippen LogP contribution >= 0.6 is 0 Å². The Bertz CT molecular complexity index is 625. The first-order chi connectivity index (χ1) is 10.1. The van der Waals surface area contributed by atoms with E-state index in [1.165, 1.54) is 11.2 Å². The molecule has 0 fully saturated rings. The Morgan fingerprint density at radius 1 is 1.33 bits per heavy atom. The number of aliphatic carboxylic acids is 1. The third-order valence-electron chi connectivity index (χ3n) is 3.05. The van der Waals surface area contributed by atoms with Gasteiger partial charge in [0.05, 0.1) is 13.0 Å².